The van der Waals surface area contributed by atoms with Gasteiger partial charge in [0, 0.05) is 18.7 Å². The molecule has 0 amide bonds. The quantitative estimate of drug-likeness (QED) is 0.628. The van der Waals surface area contributed by atoms with E-state index in [0.717, 1.165) is 35.5 Å². The number of nitrogens with one attached hydrogen (secondary N) is 2. The predicted octanol–water partition coefficient (Wildman–Crippen LogP) is 2.24. The number of benzene rings is 1. The van der Waals surface area contributed by atoms with Crippen LogP contribution in [0.3, 0.4) is 0 Å². The first kappa shape index (κ1) is 12.4. The number of carbonyl (C=O) groups is 1. The molecule has 0 atom stereocenters. The van der Waals surface area contributed by atoms with Crippen molar-refractivity contribution in [2.24, 2.45) is 0 Å². The first-order valence-electron chi connectivity index (χ1n) is 5.96. The highest BCUT2D eigenvalue weighted by Gasteiger charge is 2.02. The number of nitrogens with zero attached hydrogens (tertiary/aromatic N) is 1. The van der Waals surface area contributed by atoms with Crippen molar-refractivity contribution in [3.63, 3.8) is 0 Å². The first-order chi connectivity index (χ1) is 8.69. The summed E-state index contributed by atoms with van der Waals surface area (Å²) in [5.41, 5.74) is 3.01. The molecular weight excluding hydrogens is 230 g/mol. The summed E-state index contributed by atoms with van der Waals surface area (Å²) >= 11 is 0. The lowest BCUT2D eigenvalue weighted by atomic mass is 10.2. The molecule has 1 aromatic carbocycles. The lowest BCUT2D eigenvalue weighted by Gasteiger charge is -2.05. The Kier molecular flexibility index (Phi) is 3.82. The summed E-state index contributed by atoms with van der Waals surface area (Å²) in [6.45, 7) is 2.68. The van der Waals surface area contributed by atoms with Gasteiger partial charge < -0.3 is 15.0 Å². The molecular formula is C13H17N3O2. The van der Waals surface area contributed by atoms with Crippen LogP contribution in [0.25, 0.3) is 11.0 Å². The third kappa shape index (κ3) is 3.00. The second kappa shape index (κ2) is 5.53. The molecule has 18 heavy (non-hydrogen) atoms. The molecule has 0 bridgehead atoms. The van der Waals surface area contributed by atoms with Gasteiger partial charge in [-0.05, 0) is 31.5 Å². The molecule has 1 aromatic heterocycles. The van der Waals surface area contributed by atoms with Crippen LogP contribution in [0.1, 0.15) is 18.7 Å². The molecule has 0 saturated carbocycles. The van der Waals surface area contributed by atoms with Crippen molar-refractivity contribution in [2.75, 3.05) is 19.0 Å². The van der Waals surface area contributed by atoms with Crippen LogP contribution in [-0.4, -0.2) is 29.6 Å². The van der Waals surface area contributed by atoms with Crippen LogP contribution in [0, 0.1) is 6.92 Å². The maximum Gasteiger partial charge on any atom is 0.305 e. The van der Waals surface area contributed by atoms with Crippen LogP contribution in [0.4, 0.5) is 5.69 Å². The number of imidazole rings is 1. The van der Waals surface area contributed by atoms with E-state index < -0.39 is 0 Å². The van der Waals surface area contributed by atoms with Gasteiger partial charge in [-0.15, -0.1) is 0 Å². The van der Waals surface area contributed by atoms with Crippen molar-refractivity contribution >= 4 is 22.7 Å². The zero-order valence-electron chi connectivity index (χ0n) is 10.6. The van der Waals surface area contributed by atoms with E-state index >= 15 is 0 Å². The van der Waals surface area contributed by atoms with Gasteiger partial charge in [-0.1, -0.05) is 0 Å². The van der Waals surface area contributed by atoms with E-state index in [-0.39, 0.29) is 5.97 Å². The van der Waals surface area contributed by atoms with Gasteiger partial charge in [0.05, 0.1) is 18.1 Å². The Morgan fingerprint density at radius 2 is 2.33 bits per heavy atom. The third-order valence-electron chi connectivity index (χ3n) is 2.71. The fraction of sp³-hybridized carbons (Fsp3) is 0.385. The van der Waals surface area contributed by atoms with Crippen molar-refractivity contribution in [3.8, 4) is 0 Å². The van der Waals surface area contributed by atoms with Crippen molar-refractivity contribution in [3.05, 3.63) is 24.0 Å². The van der Waals surface area contributed by atoms with Crippen molar-refractivity contribution < 1.29 is 9.53 Å². The van der Waals surface area contributed by atoms with E-state index in [1.165, 1.54) is 7.11 Å². The zero-order chi connectivity index (χ0) is 13.0. The molecule has 5 nitrogen and oxygen atoms in total. The van der Waals surface area contributed by atoms with Crippen LogP contribution < -0.4 is 5.32 Å². The predicted molar refractivity (Wildman–Crippen MR) is 70.6 cm³/mol. The number of H-pyrrole nitrogens is 1. The largest absolute Gasteiger partial charge is 0.469 e. The van der Waals surface area contributed by atoms with E-state index in [1.54, 1.807) is 0 Å². The summed E-state index contributed by atoms with van der Waals surface area (Å²) in [7, 11) is 1.41. The van der Waals surface area contributed by atoms with Gasteiger partial charge in [0.25, 0.3) is 0 Å². The number of hydrogen-bond donors (Lipinski definition) is 2. The average Bonchev–Trinajstić information content (AvgIpc) is 2.73. The smallest absolute Gasteiger partial charge is 0.305 e. The van der Waals surface area contributed by atoms with Gasteiger partial charge in [-0.25, -0.2) is 4.98 Å². The number of aromatic amines is 1. The van der Waals surface area contributed by atoms with Crippen LogP contribution in [0.2, 0.25) is 0 Å². The van der Waals surface area contributed by atoms with Crippen LogP contribution in [-0.2, 0) is 9.53 Å². The van der Waals surface area contributed by atoms with Gasteiger partial charge >= 0.3 is 5.97 Å². The second-order valence-corrected chi connectivity index (χ2v) is 4.16. The van der Waals surface area contributed by atoms with Gasteiger partial charge in [-0.2, -0.15) is 0 Å². The van der Waals surface area contributed by atoms with Crippen molar-refractivity contribution in [1.82, 2.24) is 9.97 Å². The number of rotatable bonds is 5. The minimum atomic E-state index is -0.170. The summed E-state index contributed by atoms with van der Waals surface area (Å²) in [6.07, 6.45) is 1.20. The molecule has 1 heterocycles. The Balaban J connectivity index is 1.89. The zero-order valence-corrected chi connectivity index (χ0v) is 10.6. The third-order valence-corrected chi connectivity index (χ3v) is 2.71. The molecule has 2 N–H and O–H groups in total. The summed E-state index contributed by atoms with van der Waals surface area (Å²) in [5, 5.41) is 3.27. The number of hydrogen-bond acceptors (Lipinski definition) is 4. The highest BCUT2D eigenvalue weighted by Crippen LogP contribution is 2.17. The van der Waals surface area contributed by atoms with E-state index in [9.17, 15) is 4.79 Å². The normalized spacial score (nSPS) is 10.6. The molecule has 0 saturated heterocycles. The van der Waals surface area contributed by atoms with E-state index in [4.69, 9.17) is 0 Å². The Labute approximate surface area is 106 Å². The molecule has 0 spiro atoms. The molecule has 5 heteroatoms. The maximum absolute atomic E-state index is 10.9. The Morgan fingerprint density at radius 1 is 1.50 bits per heavy atom. The van der Waals surface area contributed by atoms with Crippen molar-refractivity contribution in [1.29, 1.82) is 0 Å². The minimum Gasteiger partial charge on any atom is -0.469 e. The standard InChI is InChI=1S/C13H17N3O2/c1-9-15-11-6-5-10(8-12(11)16-9)14-7-3-4-13(17)18-2/h5-6,8,14H,3-4,7H2,1-2H3,(H,15,16). The minimum absolute atomic E-state index is 0.170. The van der Waals surface area contributed by atoms with Gasteiger partial charge in [0.1, 0.15) is 5.82 Å². The van der Waals surface area contributed by atoms with Crippen molar-refractivity contribution in [2.45, 2.75) is 19.8 Å². The van der Waals surface area contributed by atoms with Gasteiger partial charge in [0.2, 0.25) is 0 Å². The average molecular weight is 247 g/mol. The fourth-order valence-electron chi connectivity index (χ4n) is 1.81. The summed E-state index contributed by atoms with van der Waals surface area (Å²) in [6, 6.07) is 5.98. The number of anilines is 1. The lowest BCUT2D eigenvalue weighted by Crippen LogP contribution is -2.06. The number of aromatic nitrogens is 2. The van der Waals surface area contributed by atoms with E-state index in [1.807, 2.05) is 25.1 Å². The molecule has 0 aliphatic carbocycles. The summed E-state index contributed by atoms with van der Waals surface area (Å²) in [5.74, 6) is 0.740. The monoisotopic (exact) mass is 247 g/mol. The number of fused-ring (bicyclic) bond motifs is 1. The topological polar surface area (TPSA) is 67.0 Å². The number of methoxy groups -OCH3 is 1. The maximum atomic E-state index is 10.9. The first-order valence-corrected chi connectivity index (χ1v) is 5.96. The molecule has 0 aliphatic heterocycles. The molecule has 0 unspecified atom stereocenters. The van der Waals surface area contributed by atoms with Crippen LogP contribution in [0.5, 0.6) is 0 Å². The fourth-order valence-corrected chi connectivity index (χ4v) is 1.81. The second-order valence-electron chi connectivity index (χ2n) is 4.16. The molecule has 0 radical (unpaired) electrons. The number of ether oxygens (including phenoxy) is 1. The van der Waals surface area contributed by atoms with Gasteiger partial charge in [-0.3, -0.25) is 4.79 Å². The Morgan fingerprint density at radius 3 is 3.11 bits per heavy atom. The molecule has 0 aliphatic rings. The SMILES string of the molecule is COC(=O)CCCNc1ccc2nc(C)[nH]c2c1. The Bertz CT molecular complexity index is 548. The summed E-state index contributed by atoms with van der Waals surface area (Å²) in [4.78, 5) is 18.5. The highest BCUT2D eigenvalue weighted by molar-refractivity contribution is 5.79. The lowest BCUT2D eigenvalue weighted by molar-refractivity contribution is -0.140. The van der Waals surface area contributed by atoms with Crippen LogP contribution >= 0.6 is 0 Å². The Hall–Kier alpha value is -2.04. The summed E-state index contributed by atoms with van der Waals surface area (Å²) < 4.78 is 4.58. The molecule has 96 valence electrons. The molecule has 2 rings (SSSR count). The highest BCUT2D eigenvalue weighted by atomic mass is 16.5. The van der Waals surface area contributed by atoms with E-state index in [2.05, 4.69) is 20.0 Å². The number of aryl methyl sites for hydroxylation is 1. The number of esters is 1. The molecule has 2 aromatic rings. The number of carbonyl (C=O) groups excluding carboxylic acids is 1. The van der Waals surface area contributed by atoms with Gasteiger partial charge in [0.15, 0.2) is 0 Å². The van der Waals surface area contributed by atoms with Crippen LogP contribution in [0.15, 0.2) is 18.2 Å². The molecule has 0 fully saturated rings. The van der Waals surface area contributed by atoms with E-state index in [0.29, 0.717) is 6.42 Å².